The number of rotatable bonds is 4. The molecule has 0 N–H and O–H groups in total. The molecule has 3 aliphatic heterocycles. The molecule has 2 saturated heterocycles. The molecule has 35 heavy (non-hydrogen) atoms. The molecule has 0 aromatic carbocycles. The molecule has 3 aliphatic carbocycles. The Hall–Kier alpha value is -2.31. The molecule has 7 nitrogen and oxygen atoms in total. The SMILES string of the molecule is CC/C=C1/C(N2CCN(C(=O)C3CC3)[C@H](C3CC3)C2)=NC(C2CC2)=C2CN(C(=O)OC)CCC21C. The van der Waals surface area contributed by atoms with Gasteiger partial charge < -0.3 is 19.4 Å². The summed E-state index contributed by atoms with van der Waals surface area (Å²) in [5, 5.41) is 0. The number of amidine groups is 1. The van der Waals surface area contributed by atoms with E-state index in [0.29, 0.717) is 36.9 Å². The van der Waals surface area contributed by atoms with E-state index < -0.39 is 0 Å². The van der Waals surface area contributed by atoms with Gasteiger partial charge in [-0.25, -0.2) is 9.79 Å². The molecule has 2 atom stereocenters. The topological polar surface area (TPSA) is 65.5 Å². The van der Waals surface area contributed by atoms with Crippen LogP contribution in [0.2, 0.25) is 0 Å². The van der Waals surface area contributed by atoms with Crippen molar-refractivity contribution in [3.05, 3.63) is 22.9 Å². The molecule has 0 aromatic rings. The monoisotopic (exact) mass is 480 g/mol. The number of allylic oxidation sites excluding steroid dienone is 2. The molecular weight excluding hydrogens is 440 g/mol. The van der Waals surface area contributed by atoms with Crippen LogP contribution in [-0.2, 0) is 9.53 Å². The molecule has 0 bridgehead atoms. The number of aliphatic imine (C=N–C) groups is 1. The van der Waals surface area contributed by atoms with Gasteiger partial charge in [0, 0.05) is 61.2 Å². The van der Waals surface area contributed by atoms with Crippen molar-refractivity contribution in [2.24, 2.45) is 28.2 Å². The van der Waals surface area contributed by atoms with Gasteiger partial charge in [0.2, 0.25) is 5.91 Å². The average Bonchev–Trinajstić information content (AvgIpc) is 3.73. The second-order valence-electron chi connectivity index (χ2n) is 11.7. The number of amides is 2. The molecule has 6 rings (SSSR count). The summed E-state index contributed by atoms with van der Waals surface area (Å²) >= 11 is 0. The smallest absolute Gasteiger partial charge is 0.409 e. The lowest BCUT2D eigenvalue weighted by Gasteiger charge is -2.50. The van der Waals surface area contributed by atoms with Crippen LogP contribution in [0, 0.1) is 23.2 Å². The minimum Gasteiger partial charge on any atom is -0.453 e. The van der Waals surface area contributed by atoms with Gasteiger partial charge in [0.05, 0.1) is 13.2 Å². The maximum atomic E-state index is 13.1. The number of hydrogen-bond donors (Lipinski definition) is 0. The highest BCUT2D eigenvalue weighted by Crippen LogP contribution is 2.53. The van der Waals surface area contributed by atoms with Gasteiger partial charge in [-0.1, -0.05) is 19.9 Å². The van der Waals surface area contributed by atoms with Crippen LogP contribution in [0.25, 0.3) is 0 Å². The van der Waals surface area contributed by atoms with Gasteiger partial charge in [-0.05, 0) is 62.9 Å². The van der Waals surface area contributed by atoms with Crippen LogP contribution >= 0.6 is 0 Å². The molecule has 0 radical (unpaired) electrons. The number of piperidine rings is 1. The Kier molecular flexibility index (Phi) is 5.72. The van der Waals surface area contributed by atoms with Gasteiger partial charge in [0.25, 0.3) is 0 Å². The molecule has 3 heterocycles. The fourth-order valence-electron chi connectivity index (χ4n) is 6.57. The van der Waals surface area contributed by atoms with E-state index in [1.165, 1.54) is 49.6 Å². The van der Waals surface area contributed by atoms with Crippen molar-refractivity contribution in [1.29, 1.82) is 0 Å². The van der Waals surface area contributed by atoms with Crippen LogP contribution in [-0.4, -0.2) is 78.4 Å². The standard InChI is InChI=1S/C28H40N4O3/c1-4-5-21-25(30-14-15-32(26(33)20-10-11-20)23(17-30)18-6-7-18)29-24(19-8-9-19)22-16-31(27(34)35-3)13-12-28(21,22)2/h5,18-20,23H,4,6-17H2,1-3H3/b21-5-/t23-,28?/m0/s1. The van der Waals surface area contributed by atoms with Gasteiger partial charge in [0.1, 0.15) is 5.84 Å². The van der Waals surface area contributed by atoms with Crippen LogP contribution in [0.5, 0.6) is 0 Å². The van der Waals surface area contributed by atoms with Crippen LogP contribution in [0.1, 0.15) is 65.2 Å². The zero-order valence-electron chi connectivity index (χ0n) is 21.6. The first kappa shape index (κ1) is 23.1. The third-order valence-corrected chi connectivity index (χ3v) is 9.17. The predicted molar refractivity (Wildman–Crippen MR) is 135 cm³/mol. The van der Waals surface area contributed by atoms with Crippen molar-refractivity contribution in [2.75, 3.05) is 39.8 Å². The number of methoxy groups -OCH3 is 1. The zero-order valence-corrected chi connectivity index (χ0v) is 21.6. The van der Waals surface area contributed by atoms with E-state index >= 15 is 0 Å². The van der Waals surface area contributed by atoms with Crippen LogP contribution in [0.4, 0.5) is 4.79 Å². The fourth-order valence-corrected chi connectivity index (χ4v) is 6.57. The van der Waals surface area contributed by atoms with Gasteiger partial charge >= 0.3 is 6.09 Å². The number of carbonyl (C=O) groups is 2. The van der Waals surface area contributed by atoms with Crippen molar-refractivity contribution in [2.45, 2.75) is 71.3 Å². The quantitative estimate of drug-likeness (QED) is 0.605. The van der Waals surface area contributed by atoms with E-state index in [9.17, 15) is 9.59 Å². The predicted octanol–water partition coefficient (Wildman–Crippen LogP) is 4.21. The van der Waals surface area contributed by atoms with Crippen molar-refractivity contribution >= 4 is 17.8 Å². The summed E-state index contributed by atoms with van der Waals surface area (Å²) in [6.45, 7) is 8.48. The van der Waals surface area contributed by atoms with E-state index in [4.69, 9.17) is 9.73 Å². The molecule has 1 unspecified atom stereocenters. The van der Waals surface area contributed by atoms with Crippen molar-refractivity contribution in [1.82, 2.24) is 14.7 Å². The second kappa shape index (κ2) is 8.67. The Morgan fingerprint density at radius 3 is 2.51 bits per heavy atom. The summed E-state index contributed by atoms with van der Waals surface area (Å²) < 4.78 is 5.07. The Balaban J connectivity index is 1.35. The van der Waals surface area contributed by atoms with E-state index in [2.05, 4.69) is 29.7 Å². The van der Waals surface area contributed by atoms with E-state index in [1.807, 2.05) is 4.90 Å². The summed E-state index contributed by atoms with van der Waals surface area (Å²) in [6.07, 6.45) is 11.0. The van der Waals surface area contributed by atoms with Gasteiger partial charge in [-0.2, -0.15) is 0 Å². The zero-order chi connectivity index (χ0) is 24.3. The normalized spacial score (nSPS) is 32.5. The molecule has 6 aliphatic rings. The first-order valence-electron chi connectivity index (χ1n) is 13.9. The van der Waals surface area contributed by atoms with E-state index in [-0.39, 0.29) is 17.4 Å². The maximum Gasteiger partial charge on any atom is 0.409 e. The number of hydrogen-bond acceptors (Lipinski definition) is 5. The Morgan fingerprint density at radius 2 is 1.89 bits per heavy atom. The summed E-state index contributed by atoms with van der Waals surface area (Å²) in [4.78, 5) is 37.5. The highest BCUT2D eigenvalue weighted by Gasteiger charge is 2.50. The summed E-state index contributed by atoms with van der Waals surface area (Å²) in [7, 11) is 1.47. The average molecular weight is 481 g/mol. The number of fused-ring (bicyclic) bond motifs is 1. The van der Waals surface area contributed by atoms with E-state index in [1.54, 1.807) is 0 Å². The molecule has 5 fully saturated rings. The largest absolute Gasteiger partial charge is 0.453 e. The minimum atomic E-state index is -0.241. The Morgan fingerprint density at radius 1 is 1.11 bits per heavy atom. The lowest BCUT2D eigenvalue weighted by atomic mass is 9.67. The number of nitrogens with zero attached hydrogens (tertiary/aromatic N) is 4. The van der Waals surface area contributed by atoms with E-state index in [0.717, 1.165) is 51.2 Å². The molecular formula is C28H40N4O3. The molecule has 190 valence electrons. The first-order chi connectivity index (χ1) is 16.9. The second-order valence-corrected chi connectivity index (χ2v) is 11.7. The molecule has 7 heteroatoms. The van der Waals surface area contributed by atoms with Crippen LogP contribution in [0.15, 0.2) is 27.9 Å². The highest BCUT2D eigenvalue weighted by atomic mass is 16.5. The highest BCUT2D eigenvalue weighted by molar-refractivity contribution is 6.02. The minimum absolute atomic E-state index is 0.106. The Labute approximate surface area is 209 Å². The number of carbonyl (C=O) groups excluding carboxylic acids is 2. The van der Waals surface area contributed by atoms with Crippen LogP contribution in [0.3, 0.4) is 0 Å². The molecule has 0 spiro atoms. The van der Waals surface area contributed by atoms with Gasteiger partial charge in [0.15, 0.2) is 0 Å². The fraction of sp³-hybridized carbons (Fsp3) is 0.750. The van der Waals surface area contributed by atoms with Gasteiger partial charge in [-0.15, -0.1) is 0 Å². The van der Waals surface area contributed by atoms with Crippen molar-refractivity contribution < 1.29 is 14.3 Å². The maximum absolute atomic E-state index is 13.1. The van der Waals surface area contributed by atoms with Crippen LogP contribution < -0.4 is 0 Å². The first-order valence-corrected chi connectivity index (χ1v) is 13.9. The van der Waals surface area contributed by atoms with Gasteiger partial charge in [-0.3, -0.25) is 4.79 Å². The third kappa shape index (κ3) is 4.09. The summed E-state index contributed by atoms with van der Waals surface area (Å²) in [5.74, 6) is 3.00. The lowest BCUT2D eigenvalue weighted by Crippen LogP contribution is -2.59. The third-order valence-electron chi connectivity index (χ3n) is 9.17. The molecule has 2 amide bonds. The lowest BCUT2D eigenvalue weighted by molar-refractivity contribution is -0.137. The molecule has 0 aromatic heterocycles. The number of ether oxygens (including phenoxy) is 1. The van der Waals surface area contributed by atoms with Crippen molar-refractivity contribution in [3.63, 3.8) is 0 Å². The summed E-state index contributed by atoms with van der Waals surface area (Å²) in [5.41, 5.74) is 3.77. The number of likely N-dealkylation sites (tertiary alicyclic amines) is 1. The number of piperazine rings is 1. The Bertz CT molecular complexity index is 1000. The van der Waals surface area contributed by atoms with Crippen molar-refractivity contribution in [3.8, 4) is 0 Å². The molecule has 3 saturated carbocycles. The summed E-state index contributed by atoms with van der Waals surface area (Å²) in [6, 6.07) is 0.325.